The van der Waals surface area contributed by atoms with Crippen molar-refractivity contribution in [3.63, 3.8) is 0 Å². The summed E-state index contributed by atoms with van der Waals surface area (Å²) in [7, 11) is -0.265. The normalized spacial score (nSPS) is 23.9. The van der Waals surface area contributed by atoms with Gasteiger partial charge in [0.1, 0.15) is 6.61 Å². The summed E-state index contributed by atoms with van der Waals surface area (Å²) >= 11 is 0. The van der Waals surface area contributed by atoms with Crippen LogP contribution in [0.25, 0.3) is 0 Å². The van der Waals surface area contributed by atoms with E-state index in [4.69, 9.17) is 14.0 Å². The molecule has 0 spiro atoms. The molecule has 0 aromatic carbocycles. The monoisotopic (exact) mass is 281 g/mol. The molecule has 0 aromatic rings. The van der Waals surface area contributed by atoms with Crippen molar-refractivity contribution in [2.45, 2.75) is 52.2 Å². The predicted octanol–water partition coefficient (Wildman–Crippen LogP) is 1.77. The standard InChI is InChI=1S/C14H24BNO4/c1-11(17)18-9-8-16-7-6-12(10-16)15-19-13(2,3)14(4,5)20-15/h10H,6-9H2,1-5H3. The topological polar surface area (TPSA) is 48.0 Å². The molecule has 0 saturated carbocycles. The van der Waals surface area contributed by atoms with Crippen molar-refractivity contribution in [1.29, 1.82) is 0 Å². The van der Waals surface area contributed by atoms with Crippen LogP contribution in [0, 0.1) is 0 Å². The minimum atomic E-state index is -0.302. The number of nitrogens with zero attached hydrogens (tertiary/aromatic N) is 1. The summed E-state index contributed by atoms with van der Waals surface area (Å²) in [5, 5.41) is 0. The van der Waals surface area contributed by atoms with Gasteiger partial charge in [-0.15, -0.1) is 0 Å². The van der Waals surface area contributed by atoms with Gasteiger partial charge in [-0.2, -0.15) is 0 Å². The fourth-order valence-electron chi connectivity index (χ4n) is 2.29. The first-order chi connectivity index (χ1) is 9.21. The van der Waals surface area contributed by atoms with Crippen molar-refractivity contribution in [1.82, 2.24) is 4.90 Å². The Labute approximate surface area is 121 Å². The van der Waals surface area contributed by atoms with E-state index in [2.05, 4.69) is 38.8 Å². The van der Waals surface area contributed by atoms with E-state index >= 15 is 0 Å². The van der Waals surface area contributed by atoms with Crippen molar-refractivity contribution in [2.75, 3.05) is 19.7 Å². The lowest BCUT2D eigenvalue weighted by Crippen LogP contribution is -2.41. The smallest absolute Gasteiger partial charge is 0.464 e. The minimum Gasteiger partial charge on any atom is -0.464 e. The van der Waals surface area contributed by atoms with Crippen molar-refractivity contribution < 1.29 is 18.8 Å². The first-order valence-electron chi connectivity index (χ1n) is 7.15. The van der Waals surface area contributed by atoms with Crippen molar-refractivity contribution in [2.24, 2.45) is 0 Å². The van der Waals surface area contributed by atoms with Crippen LogP contribution in [0.1, 0.15) is 41.0 Å². The first kappa shape index (κ1) is 15.4. The van der Waals surface area contributed by atoms with Crippen molar-refractivity contribution in [3.8, 4) is 0 Å². The van der Waals surface area contributed by atoms with Crippen LogP contribution in [-0.4, -0.2) is 48.9 Å². The van der Waals surface area contributed by atoms with Gasteiger partial charge in [-0.05, 0) is 45.8 Å². The van der Waals surface area contributed by atoms with E-state index in [9.17, 15) is 4.79 Å². The molecule has 0 aliphatic carbocycles. The lowest BCUT2D eigenvalue weighted by Gasteiger charge is -2.32. The quantitative estimate of drug-likeness (QED) is 0.580. The van der Waals surface area contributed by atoms with Crippen LogP contribution in [0.3, 0.4) is 0 Å². The van der Waals surface area contributed by atoms with Crippen LogP contribution in [0.2, 0.25) is 0 Å². The van der Waals surface area contributed by atoms with Gasteiger partial charge < -0.3 is 18.9 Å². The highest BCUT2D eigenvalue weighted by atomic mass is 16.7. The summed E-state index contributed by atoms with van der Waals surface area (Å²) in [5.74, 6) is -0.237. The van der Waals surface area contributed by atoms with E-state index in [1.807, 2.05) is 0 Å². The summed E-state index contributed by atoms with van der Waals surface area (Å²) < 4.78 is 17.0. The van der Waals surface area contributed by atoms with Gasteiger partial charge in [0.25, 0.3) is 0 Å². The molecule has 0 unspecified atom stereocenters. The van der Waals surface area contributed by atoms with Gasteiger partial charge in [-0.3, -0.25) is 4.79 Å². The zero-order valence-corrected chi connectivity index (χ0v) is 13.1. The second kappa shape index (κ2) is 5.41. The fraction of sp³-hybridized carbons (Fsp3) is 0.786. The zero-order chi connectivity index (χ0) is 15.0. The third-order valence-corrected chi connectivity index (χ3v) is 4.28. The van der Waals surface area contributed by atoms with Crippen LogP contribution >= 0.6 is 0 Å². The number of carbonyl (C=O) groups excluding carboxylic acids is 1. The molecule has 5 nitrogen and oxygen atoms in total. The lowest BCUT2D eigenvalue weighted by atomic mass is 9.78. The van der Waals surface area contributed by atoms with E-state index in [1.165, 1.54) is 6.92 Å². The Balaban J connectivity index is 1.90. The largest absolute Gasteiger partial charge is 0.492 e. The molecule has 1 saturated heterocycles. The third kappa shape index (κ3) is 3.18. The van der Waals surface area contributed by atoms with E-state index in [1.54, 1.807) is 0 Å². The molecule has 112 valence electrons. The SMILES string of the molecule is CC(=O)OCCN1C=C(B2OC(C)(C)C(C)(C)O2)CC1. The molecule has 20 heavy (non-hydrogen) atoms. The average Bonchev–Trinajstić information content (AvgIpc) is 2.82. The Kier molecular flexibility index (Phi) is 4.16. The number of hydrogen-bond donors (Lipinski definition) is 0. The van der Waals surface area contributed by atoms with Gasteiger partial charge in [-0.1, -0.05) is 0 Å². The maximum absolute atomic E-state index is 10.7. The summed E-state index contributed by atoms with van der Waals surface area (Å²) in [5.41, 5.74) is 0.555. The van der Waals surface area contributed by atoms with Crippen LogP contribution in [0.5, 0.6) is 0 Å². The Morgan fingerprint density at radius 1 is 1.35 bits per heavy atom. The average molecular weight is 281 g/mol. The molecule has 0 amide bonds. The lowest BCUT2D eigenvalue weighted by molar-refractivity contribution is -0.141. The molecule has 2 aliphatic heterocycles. The van der Waals surface area contributed by atoms with Crippen molar-refractivity contribution >= 4 is 13.1 Å². The Bertz CT molecular complexity index is 403. The fourth-order valence-corrected chi connectivity index (χ4v) is 2.29. The maximum Gasteiger partial charge on any atom is 0.492 e. The highest BCUT2D eigenvalue weighted by Gasteiger charge is 2.52. The van der Waals surface area contributed by atoms with Crippen LogP contribution in [0.15, 0.2) is 11.7 Å². The van der Waals surface area contributed by atoms with Crippen LogP contribution < -0.4 is 0 Å². The molecule has 0 radical (unpaired) electrons. The predicted molar refractivity (Wildman–Crippen MR) is 77.0 cm³/mol. The molecule has 6 heteroatoms. The Hall–Kier alpha value is -1.01. The van der Waals surface area contributed by atoms with Gasteiger partial charge in [0.05, 0.1) is 17.7 Å². The molecule has 0 aromatic heterocycles. The minimum absolute atomic E-state index is 0.237. The van der Waals surface area contributed by atoms with Gasteiger partial charge >= 0.3 is 13.1 Å². The van der Waals surface area contributed by atoms with E-state index < -0.39 is 0 Å². The number of ether oxygens (including phenoxy) is 1. The number of rotatable bonds is 4. The van der Waals surface area contributed by atoms with Gasteiger partial charge in [0.15, 0.2) is 0 Å². The molecule has 2 rings (SSSR count). The molecule has 2 heterocycles. The molecule has 1 fully saturated rings. The summed E-state index contributed by atoms with van der Waals surface area (Å²) in [6.45, 7) is 11.7. The first-order valence-corrected chi connectivity index (χ1v) is 7.15. The van der Waals surface area contributed by atoms with E-state index in [0.717, 1.165) is 18.4 Å². The highest BCUT2D eigenvalue weighted by Crippen LogP contribution is 2.39. The highest BCUT2D eigenvalue weighted by molar-refractivity contribution is 6.54. The summed E-state index contributed by atoms with van der Waals surface area (Å²) in [4.78, 5) is 12.9. The molecule has 0 N–H and O–H groups in total. The van der Waals surface area contributed by atoms with Gasteiger partial charge in [0.2, 0.25) is 0 Å². The zero-order valence-electron chi connectivity index (χ0n) is 13.1. The van der Waals surface area contributed by atoms with Gasteiger partial charge in [-0.25, -0.2) is 0 Å². The molecule has 0 atom stereocenters. The summed E-state index contributed by atoms with van der Waals surface area (Å²) in [6.07, 6.45) is 3.00. The van der Waals surface area contributed by atoms with Crippen LogP contribution in [-0.2, 0) is 18.8 Å². The van der Waals surface area contributed by atoms with Crippen molar-refractivity contribution in [3.05, 3.63) is 11.7 Å². The number of hydrogen-bond acceptors (Lipinski definition) is 5. The molecule has 0 bridgehead atoms. The molecular weight excluding hydrogens is 257 g/mol. The number of carbonyl (C=O) groups is 1. The second-order valence-corrected chi connectivity index (χ2v) is 6.42. The van der Waals surface area contributed by atoms with E-state index in [0.29, 0.717) is 13.2 Å². The Morgan fingerprint density at radius 2 is 1.95 bits per heavy atom. The van der Waals surface area contributed by atoms with E-state index in [-0.39, 0.29) is 24.3 Å². The third-order valence-electron chi connectivity index (χ3n) is 4.28. The van der Waals surface area contributed by atoms with Gasteiger partial charge in [0, 0.05) is 13.5 Å². The molecule has 2 aliphatic rings. The Morgan fingerprint density at radius 3 is 2.50 bits per heavy atom. The number of esters is 1. The molecular formula is C14H24BNO4. The maximum atomic E-state index is 10.7. The second-order valence-electron chi connectivity index (χ2n) is 6.42. The van der Waals surface area contributed by atoms with Crippen LogP contribution in [0.4, 0.5) is 0 Å². The summed E-state index contributed by atoms with van der Waals surface area (Å²) in [6, 6.07) is 0.